The van der Waals surface area contributed by atoms with Gasteiger partial charge >= 0.3 is 6.03 Å². The molecule has 2 N–H and O–H groups in total. The second-order valence-electron chi connectivity index (χ2n) is 5.85. The van der Waals surface area contributed by atoms with Crippen LogP contribution < -0.4 is 15.4 Å². The van der Waals surface area contributed by atoms with Crippen LogP contribution in [0.5, 0.6) is 5.88 Å². The van der Waals surface area contributed by atoms with Crippen molar-refractivity contribution in [1.82, 2.24) is 15.2 Å². The Hall–Kier alpha value is -1.86. The summed E-state index contributed by atoms with van der Waals surface area (Å²) in [6, 6.07) is 3.55. The number of morpholine rings is 1. The van der Waals surface area contributed by atoms with Gasteiger partial charge in [0, 0.05) is 31.9 Å². The van der Waals surface area contributed by atoms with Crippen LogP contribution in [0.1, 0.15) is 13.8 Å². The molecule has 2 rings (SSSR count). The number of carbonyl (C=O) groups excluding carboxylic acids is 1. The molecule has 0 spiro atoms. The lowest BCUT2D eigenvalue weighted by Gasteiger charge is -2.36. The van der Waals surface area contributed by atoms with Crippen LogP contribution in [0.4, 0.5) is 10.5 Å². The first-order valence-electron chi connectivity index (χ1n) is 7.97. The predicted molar refractivity (Wildman–Crippen MR) is 88.8 cm³/mol. The molecular formula is C16H26N4O3. The van der Waals surface area contributed by atoms with E-state index in [9.17, 15) is 4.79 Å². The monoisotopic (exact) mass is 322 g/mol. The Balaban J connectivity index is 1.88. The van der Waals surface area contributed by atoms with Crippen LogP contribution in [-0.4, -0.2) is 61.9 Å². The number of rotatable bonds is 6. The van der Waals surface area contributed by atoms with Crippen molar-refractivity contribution in [3.63, 3.8) is 0 Å². The molecule has 2 amide bonds. The topological polar surface area (TPSA) is 75.7 Å². The summed E-state index contributed by atoms with van der Waals surface area (Å²) in [7, 11) is 1.53. The molecule has 1 saturated heterocycles. The van der Waals surface area contributed by atoms with Gasteiger partial charge in [0.2, 0.25) is 5.88 Å². The van der Waals surface area contributed by atoms with Crippen molar-refractivity contribution in [1.29, 1.82) is 0 Å². The molecule has 2 heterocycles. The van der Waals surface area contributed by atoms with Crippen molar-refractivity contribution in [2.45, 2.75) is 19.9 Å². The Kier molecular flexibility index (Phi) is 6.61. The lowest BCUT2D eigenvalue weighted by atomic mass is 10.0. The Morgan fingerprint density at radius 3 is 2.83 bits per heavy atom. The number of nitrogens with zero attached hydrogens (tertiary/aromatic N) is 2. The Labute approximate surface area is 137 Å². The average Bonchev–Trinajstić information content (AvgIpc) is 2.56. The summed E-state index contributed by atoms with van der Waals surface area (Å²) in [4.78, 5) is 18.6. The molecule has 128 valence electrons. The maximum Gasteiger partial charge on any atom is 0.319 e. The van der Waals surface area contributed by atoms with E-state index < -0.39 is 0 Å². The van der Waals surface area contributed by atoms with Gasteiger partial charge in [0.1, 0.15) is 5.69 Å². The summed E-state index contributed by atoms with van der Waals surface area (Å²) < 4.78 is 10.5. The number of carbonyl (C=O) groups is 1. The summed E-state index contributed by atoms with van der Waals surface area (Å²) >= 11 is 0. The highest BCUT2D eigenvalue weighted by atomic mass is 16.5. The van der Waals surface area contributed by atoms with Crippen molar-refractivity contribution < 1.29 is 14.3 Å². The normalized spacial score (nSPS) is 16.9. The van der Waals surface area contributed by atoms with Crippen LogP contribution >= 0.6 is 0 Å². The van der Waals surface area contributed by atoms with E-state index in [4.69, 9.17) is 9.47 Å². The molecule has 1 aliphatic rings. The molecular weight excluding hydrogens is 296 g/mol. The van der Waals surface area contributed by atoms with Gasteiger partial charge in [0.15, 0.2) is 0 Å². The summed E-state index contributed by atoms with van der Waals surface area (Å²) in [5.74, 6) is 0.845. The zero-order chi connectivity index (χ0) is 16.7. The molecule has 7 heteroatoms. The van der Waals surface area contributed by atoms with Gasteiger partial charge in [-0.3, -0.25) is 4.90 Å². The average molecular weight is 322 g/mol. The zero-order valence-electron chi connectivity index (χ0n) is 14.0. The van der Waals surface area contributed by atoms with Crippen molar-refractivity contribution in [2.75, 3.05) is 45.3 Å². The smallest absolute Gasteiger partial charge is 0.319 e. The van der Waals surface area contributed by atoms with Crippen molar-refractivity contribution in [3.8, 4) is 5.88 Å². The molecule has 1 fully saturated rings. The lowest BCUT2D eigenvalue weighted by molar-refractivity contribution is 0.00728. The van der Waals surface area contributed by atoms with Crippen LogP contribution in [-0.2, 0) is 4.74 Å². The van der Waals surface area contributed by atoms with Crippen molar-refractivity contribution >= 4 is 11.7 Å². The number of hydrogen-bond donors (Lipinski definition) is 2. The minimum absolute atomic E-state index is 0.254. The second-order valence-corrected chi connectivity index (χ2v) is 5.85. The fourth-order valence-electron chi connectivity index (χ4n) is 2.71. The SMILES string of the molecule is COc1ncccc1NC(=O)NC[C@H](C(C)C)N1CCOCC1. The molecule has 0 aromatic carbocycles. The molecule has 1 aliphatic heterocycles. The molecule has 23 heavy (non-hydrogen) atoms. The first-order chi connectivity index (χ1) is 11.1. The zero-order valence-corrected chi connectivity index (χ0v) is 14.0. The van der Waals surface area contributed by atoms with E-state index in [-0.39, 0.29) is 6.03 Å². The first-order valence-corrected chi connectivity index (χ1v) is 7.97. The van der Waals surface area contributed by atoms with E-state index in [1.165, 1.54) is 7.11 Å². The van der Waals surface area contributed by atoms with Crippen LogP contribution in [0.2, 0.25) is 0 Å². The molecule has 7 nitrogen and oxygen atoms in total. The summed E-state index contributed by atoms with van der Waals surface area (Å²) in [6.07, 6.45) is 1.62. The van der Waals surface area contributed by atoms with Gasteiger partial charge in [0.05, 0.1) is 20.3 Å². The van der Waals surface area contributed by atoms with Crippen LogP contribution in [0.25, 0.3) is 0 Å². The standard InChI is InChI=1S/C16H26N4O3/c1-12(2)14(20-7-9-23-10-8-20)11-18-16(21)19-13-5-4-6-17-15(13)22-3/h4-6,12,14H,7-11H2,1-3H3,(H2,18,19,21)/t14-/m1/s1. The van der Waals surface area contributed by atoms with E-state index in [2.05, 4.69) is 34.4 Å². The van der Waals surface area contributed by atoms with Crippen LogP contribution in [0, 0.1) is 5.92 Å². The quantitative estimate of drug-likeness (QED) is 0.831. The Bertz CT molecular complexity index is 504. The number of hydrogen-bond acceptors (Lipinski definition) is 5. The van der Waals surface area contributed by atoms with Gasteiger partial charge in [-0.05, 0) is 18.1 Å². The van der Waals surface area contributed by atoms with Gasteiger partial charge in [-0.15, -0.1) is 0 Å². The third kappa shape index (κ3) is 5.07. The summed E-state index contributed by atoms with van der Waals surface area (Å²) in [5, 5.41) is 5.72. The lowest BCUT2D eigenvalue weighted by Crippen LogP contribution is -2.51. The van der Waals surface area contributed by atoms with Gasteiger partial charge in [-0.25, -0.2) is 9.78 Å². The number of urea groups is 1. The molecule has 1 aromatic heterocycles. The predicted octanol–water partition coefficient (Wildman–Crippen LogP) is 1.57. The molecule has 1 aromatic rings. The highest BCUT2D eigenvalue weighted by Crippen LogP contribution is 2.19. The van der Waals surface area contributed by atoms with E-state index in [0.29, 0.717) is 30.1 Å². The number of aromatic nitrogens is 1. The maximum absolute atomic E-state index is 12.1. The maximum atomic E-state index is 12.1. The largest absolute Gasteiger partial charge is 0.480 e. The number of nitrogens with one attached hydrogen (secondary N) is 2. The van der Waals surface area contributed by atoms with E-state index >= 15 is 0 Å². The Morgan fingerprint density at radius 1 is 1.43 bits per heavy atom. The Morgan fingerprint density at radius 2 is 2.17 bits per heavy atom. The number of ether oxygens (including phenoxy) is 2. The molecule has 0 unspecified atom stereocenters. The van der Waals surface area contributed by atoms with E-state index in [1.54, 1.807) is 18.3 Å². The van der Waals surface area contributed by atoms with Crippen LogP contribution in [0.3, 0.4) is 0 Å². The molecule has 0 aliphatic carbocycles. The van der Waals surface area contributed by atoms with Crippen molar-refractivity contribution in [2.24, 2.45) is 5.92 Å². The fourth-order valence-corrected chi connectivity index (χ4v) is 2.71. The number of amides is 2. The second kappa shape index (κ2) is 8.69. The van der Waals surface area contributed by atoms with Gasteiger partial charge in [-0.2, -0.15) is 0 Å². The van der Waals surface area contributed by atoms with Crippen LogP contribution in [0.15, 0.2) is 18.3 Å². The molecule has 0 radical (unpaired) electrons. The van der Waals surface area contributed by atoms with Gasteiger partial charge < -0.3 is 20.1 Å². The number of anilines is 1. The minimum atomic E-state index is -0.254. The molecule has 1 atom stereocenters. The summed E-state index contributed by atoms with van der Waals surface area (Å²) in [5.41, 5.74) is 0.556. The number of methoxy groups -OCH3 is 1. The molecule has 0 saturated carbocycles. The third-order valence-electron chi connectivity index (χ3n) is 3.97. The third-order valence-corrected chi connectivity index (χ3v) is 3.97. The van der Waals surface area contributed by atoms with Gasteiger partial charge in [0.25, 0.3) is 0 Å². The highest BCUT2D eigenvalue weighted by Gasteiger charge is 2.24. The summed E-state index contributed by atoms with van der Waals surface area (Å²) in [6.45, 7) is 8.25. The fraction of sp³-hybridized carbons (Fsp3) is 0.625. The first kappa shape index (κ1) is 17.5. The number of pyridine rings is 1. The highest BCUT2D eigenvalue weighted by molar-refractivity contribution is 5.90. The van der Waals surface area contributed by atoms with E-state index in [0.717, 1.165) is 26.3 Å². The van der Waals surface area contributed by atoms with E-state index in [1.807, 2.05) is 0 Å². The molecule has 0 bridgehead atoms. The van der Waals surface area contributed by atoms with Gasteiger partial charge in [-0.1, -0.05) is 13.8 Å². The van der Waals surface area contributed by atoms with Crippen molar-refractivity contribution in [3.05, 3.63) is 18.3 Å². The minimum Gasteiger partial charge on any atom is -0.480 e.